The number of carbonyl (C=O) groups is 2. The number of nitrogens with two attached hydrogens (primary N) is 1. The normalized spacial score (nSPS) is 16.4. The highest BCUT2D eigenvalue weighted by Gasteiger charge is 2.23. The number of aryl methyl sites for hydroxylation is 1. The first-order valence-electron chi connectivity index (χ1n) is 9.13. The lowest BCUT2D eigenvalue weighted by Crippen LogP contribution is -2.27. The molecule has 8 nitrogen and oxygen atoms in total. The summed E-state index contributed by atoms with van der Waals surface area (Å²) in [5.74, 6) is -0.681. The van der Waals surface area contributed by atoms with Gasteiger partial charge in [-0.3, -0.25) is 9.59 Å². The van der Waals surface area contributed by atoms with Crippen LogP contribution in [0.4, 0.5) is 11.4 Å². The van der Waals surface area contributed by atoms with Crippen LogP contribution in [0.2, 0.25) is 0 Å². The van der Waals surface area contributed by atoms with Crippen LogP contribution in [-0.2, 0) is 19.6 Å². The van der Waals surface area contributed by atoms with Crippen molar-refractivity contribution in [1.29, 1.82) is 0 Å². The Hall–Kier alpha value is -2.75. The quantitative estimate of drug-likeness (QED) is 0.688. The maximum atomic E-state index is 12.7. The number of ether oxygens (including phenoxy) is 1. The Labute approximate surface area is 169 Å². The number of benzene rings is 2. The summed E-state index contributed by atoms with van der Waals surface area (Å²) in [7, 11) is -3.90. The zero-order chi connectivity index (χ0) is 21.2. The third-order valence-corrected chi connectivity index (χ3v) is 5.72. The van der Waals surface area contributed by atoms with Crippen LogP contribution in [0.5, 0.6) is 0 Å². The first kappa shape index (κ1) is 21.0. The molecule has 1 unspecified atom stereocenters. The molecule has 0 aromatic heterocycles. The second-order valence-corrected chi connectivity index (χ2v) is 8.55. The van der Waals surface area contributed by atoms with Crippen LogP contribution >= 0.6 is 0 Å². The van der Waals surface area contributed by atoms with Crippen molar-refractivity contribution in [3.05, 3.63) is 53.1 Å². The highest BCUT2D eigenvalue weighted by molar-refractivity contribution is 7.89. The van der Waals surface area contributed by atoms with Gasteiger partial charge < -0.3 is 15.4 Å². The topological polar surface area (TPSA) is 128 Å². The molecule has 0 spiro atoms. The lowest BCUT2D eigenvalue weighted by atomic mass is 10.1. The summed E-state index contributed by atoms with van der Waals surface area (Å²) in [5.41, 5.74) is 2.56. The van der Waals surface area contributed by atoms with Crippen LogP contribution in [0.25, 0.3) is 0 Å². The number of hydrogen-bond donors (Lipinski definition) is 3. The first-order chi connectivity index (χ1) is 13.6. The van der Waals surface area contributed by atoms with Gasteiger partial charge in [-0.25, -0.2) is 13.6 Å². The number of nitrogens with one attached hydrogen (secondary N) is 2. The van der Waals surface area contributed by atoms with Gasteiger partial charge in [-0.2, -0.15) is 0 Å². The number of primary sulfonamides is 1. The zero-order valence-corrected chi connectivity index (χ0v) is 17.0. The average molecular weight is 417 g/mol. The summed E-state index contributed by atoms with van der Waals surface area (Å²) in [4.78, 5) is 24.8. The number of hydrogen-bond acceptors (Lipinski definition) is 5. The molecule has 4 N–H and O–H groups in total. The Balaban J connectivity index is 1.79. The molecule has 2 aromatic rings. The minimum Gasteiger partial charge on any atom is -0.368 e. The molecule has 1 heterocycles. The van der Waals surface area contributed by atoms with Gasteiger partial charge in [0.1, 0.15) is 6.10 Å². The van der Waals surface area contributed by atoms with Gasteiger partial charge in [-0.1, -0.05) is 6.07 Å². The number of anilines is 2. The smallest absolute Gasteiger partial charge is 0.255 e. The molecule has 1 atom stereocenters. The summed E-state index contributed by atoms with van der Waals surface area (Å²) in [6.45, 7) is 4.08. The van der Waals surface area contributed by atoms with Crippen molar-refractivity contribution in [1.82, 2.24) is 0 Å². The summed E-state index contributed by atoms with van der Waals surface area (Å²) in [5, 5.41) is 10.7. The Morgan fingerprint density at radius 1 is 1.14 bits per heavy atom. The minimum atomic E-state index is -3.90. The second kappa shape index (κ2) is 8.32. The van der Waals surface area contributed by atoms with E-state index in [9.17, 15) is 18.0 Å². The number of amides is 2. The van der Waals surface area contributed by atoms with E-state index in [1.165, 1.54) is 12.1 Å². The van der Waals surface area contributed by atoms with Gasteiger partial charge in [-0.15, -0.1) is 0 Å². The van der Waals surface area contributed by atoms with Crippen LogP contribution in [0.15, 0.2) is 41.3 Å². The predicted octanol–water partition coefficient (Wildman–Crippen LogP) is 2.32. The molecular weight excluding hydrogens is 394 g/mol. The maximum Gasteiger partial charge on any atom is 0.255 e. The fourth-order valence-corrected chi connectivity index (χ4v) is 3.68. The van der Waals surface area contributed by atoms with Gasteiger partial charge in [0, 0.05) is 23.5 Å². The van der Waals surface area contributed by atoms with Crippen LogP contribution < -0.4 is 15.8 Å². The van der Waals surface area contributed by atoms with E-state index >= 15 is 0 Å². The largest absolute Gasteiger partial charge is 0.368 e. The van der Waals surface area contributed by atoms with Crippen molar-refractivity contribution in [2.24, 2.45) is 5.14 Å². The molecule has 0 saturated carbocycles. The molecule has 3 rings (SSSR count). The molecule has 0 radical (unpaired) electrons. The molecule has 1 aliphatic heterocycles. The Morgan fingerprint density at radius 2 is 1.90 bits per heavy atom. The van der Waals surface area contributed by atoms with E-state index in [1.54, 1.807) is 38.1 Å². The van der Waals surface area contributed by atoms with Gasteiger partial charge in [0.15, 0.2) is 0 Å². The van der Waals surface area contributed by atoms with E-state index in [-0.39, 0.29) is 10.8 Å². The third kappa shape index (κ3) is 5.00. The summed E-state index contributed by atoms with van der Waals surface area (Å²) < 4.78 is 28.7. The van der Waals surface area contributed by atoms with Crippen molar-refractivity contribution in [2.75, 3.05) is 17.2 Å². The summed E-state index contributed by atoms with van der Waals surface area (Å²) in [6.07, 6.45) is 1.04. The third-order valence-electron chi connectivity index (χ3n) is 4.83. The number of sulfonamides is 1. The van der Waals surface area contributed by atoms with Gasteiger partial charge >= 0.3 is 0 Å². The first-order valence-corrected chi connectivity index (χ1v) is 10.7. The Morgan fingerprint density at radius 3 is 2.55 bits per heavy atom. The van der Waals surface area contributed by atoms with Crippen molar-refractivity contribution in [2.45, 2.75) is 37.7 Å². The fraction of sp³-hybridized carbons (Fsp3) is 0.300. The molecule has 29 heavy (non-hydrogen) atoms. The van der Waals surface area contributed by atoms with Gasteiger partial charge in [0.05, 0.1) is 4.90 Å². The van der Waals surface area contributed by atoms with Crippen molar-refractivity contribution in [3.63, 3.8) is 0 Å². The summed E-state index contributed by atoms with van der Waals surface area (Å²) >= 11 is 0. The molecule has 9 heteroatoms. The van der Waals surface area contributed by atoms with Crippen molar-refractivity contribution >= 4 is 33.2 Å². The molecule has 2 amide bonds. The Bertz CT molecular complexity index is 1060. The maximum absolute atomic E-state index is 12.7. The number of rotatable bonds is 5. The SMILES string of the molecule is Cc1cc(S(N)(=O)=O)cc(NC(=O)c2cccc(NC(=O)C3CCCO3)c2)c1C. The van der Waals surface area contributed by atoms with Gasteiger partial charge in [0.25, 0.3) is 11.8 Å². The van der Waals surface area contributed by atoms with Crippen molar-refractivity contribution in [3.8, 4) is 0 Å². The van der Waals surface area contributed by atoms with E-state index in [0.29, 0.717) is 35.5 Å². The standard InChI is InChI=1S/C20H23N3O5S/c1-12-9-16(29(21,26)27)11-17(13(12)2)23-19(24)14-5-3-6-15(10-14)22-20(25)18-7-4-8-28-18/h3,5-6,9-11,18H,4,7-8H2,1-2H3,(H,22,25)(H,23,24)(H2,21,26,27). The van der Waals surface area contributed by atoms with Crippen LogP contribution in [0, 0.1) is 13.8 Å². The van der Waals surface area contributed by atoms with Crippen LogP contribution in [0.1, 0.15) is 34.3 Å². The van der Waals surface area contributed by atoms with Gasteiger partial charge in [0.2, 0.25) is 10.0 Å². The lowest BCUT2D eigenvalue weighted by molar-refractivity contribution is -0.124. The molecule has 1 saturated heterocycles. The number of carbonyl (C=O) groups excluding carboxylic acids is 2. The minimum absolute atomic E-state index is 0.0755. The lowest BCUT2D eigenvalue weighted by Gasteiger charge is -2.14. The molecule has 2 aromatic carbocycles. The fourth-order valence-electron chi connectivity index (χ4n) is 3.06. The van der Waals surface area contributed by atoms with Crippen LogP contribution in [-0.4, -0.2) is 32.9 Å². The molecule has 1 aliphatic rings. The monoisotopic (exact) mass is 417 g/mol. The van der Waals surface area contributed by atoms with E-state index < -0.39 is 22.0 Å². The van der Waals surface area contributed by atoms with E-state index in [4.69, 9.17) is 9.88 Å². The molecular formula is C20H23N3O5S. The predicted molar refractivity (Wildman–Crippen MR) is 109 cm³/mol. The van der Waals surface area contributed by atoms with Crippen LogP contribution in [0.3, 0.4) is 0 Å². The summed E-state index contributed by atoms with van der Waals surface area (Å²) in [6, 6.07) is 9.27. The van der Waals surface area contributed by atoms with E-state index in [1.807, 2.05) is 0 Å². The Kier molecular flexibility index (Phi) is 6.02. The molecule has 0 aliphatic carbocycles. The van der Waals surface area contributed by atoms with Crippen molar-refractivity contribution < 1.29 is 22.7 Å². The highest BCUT2D eigenvalue weighted by atomic mass is 32.2. The van der Waals surface area contributed by atoms with E-state index in [0.717, 1.165) is 12.0 Å². The molecule has 0 bridgehead atoms. The van der Waals surface area contributed by atoms with Gasteiger partial charge in [-0.05, 0) is 68.1 Å². The highest BCUT2D eigenvalue weighted by Crippen LogP contribution is 2.24. The van der Waals surface area contributed by atoms with E-state index in [2.05, 4.69) is 10.6 Å². The zero-order valence-electron chi connectivity index (χ0n) is 16.2. The molecule has 154 valence electrons. The second-order valence-electron chi connectivity index (χ2n) is 6.98. The average Bonchev–Trinajstić information content (AvgIpc) is 3.19. The molecule has 1 fully saturated rings.